The molecule has 0 radical (unpaired) electrons. The topological polar surface area (TPSA) is 68.3 Å². The highest BCUT2D eigenvalue weighted by molar-refractivity contribution is 7.13. The molecule has 5 nitrogen and oxygen atoms in total. The standard InChI is InChI=1S/C23H16N2O3S/c1-14-9-10-18-16(12-14)21(26)22(27)23(28-18)17-13-25(15-6-3-2-4-7-15)24-20(17)19-8-5-11-29-19/h2-13,27H,1H3. The minimum Gasteiger partial charge on any atom is -0.502 e. The number of hydrogen-bond acceptors (Lipinski definition) is 5. The maximum absolute atomic E-state index is 12.8. The number of aromatic hydroxyl groups is 1. The van der Waals surface area contributed by atoms with Crippen LogP contribution in [0.3, 0.4) is 0 Å². The van der Waals surface area contributed by atoms with E-state index in [1.165, 1.54) is 11.3 Å². The second kappa shape index (κ2) is 6.76. The average Bonchev–Trinajstić information content (AvgIpc) is 3.41. The largest absolute Gasteiger partial charge is 0.502 e. The third-order valence-corrected chi connectivity index (χ3v) is 5.63. The van der Waals surface area contributed by atoms with E-state index in [-0.39, 0.29) is 5.76 Å². The molecule has 3 heterocycles. The maximum atomic E-state index is 12.8. The molecule has 0 aliphatic carbocycles. The van der Waals surface area contributed by atoms with Crippen LogP contribution in [-0.2, 0) is 0 Å². The van der Waals surface area contributed by atoms with Crippen molar-refractivity contribution in [1.29, 1.82) is 0 Å². The van der Waals surface area contributed by atoms with Gasteiger partial charge in [0.2, 0.25) is 11.2 Å². The Kier molecular flexibility index (Phi) is 4.07. The van der Waals surface area contributed by atoms with Crippen LogP contribution in [0.15, 0.2) is 81.5 Å². The number of fused-ring (bicyclic) bond motifs is 1. The molecule has 0 aliphatic heterocycles. The number of aryl methyl sites for hydroxylation is 1. The molecule has 0 atom stereocenters. The summed E-state index contributed by atoms with van der Waals surface area (Å²) in [5.74, 6) is -0.287. The zero-order chi connectivity index (χ0) is 20.0. The van der Waals surface area contributed by atoms with Gasteiger partial charge in [0.15, 0.2) is 5.76 Å². The van der Waals surface area contributed by atoms with E-state index in [1.54, 1.807) is 23.0 Å². The van der Waals surface area contributed by atoms with E-state index in [0.717, 1.165) is 16.1 Å². The highest BCUT2D eigenvalue weighted by Crippen LogP contribution is 2.38. The van der Waals surface area contributed by atoms with E-state index >= 15 is 0 Å². The molecule has 0 spiro atoms. The van der Waals surface area contributed by atoms with Crippen LogP contribution in [0.4, 0.5) is 0 Å². The molecule has 3 aromatic heterocycles. The second-order valence-electron chi connectivity index (χ2n) is 6.76. The number of hydrogen-bond donors (Lipinski definition) is 1. The molecule has 5 aromatic rings. The lowest BCUT2D eigenvalue weighted by atomic mass is 10.1. The Morgan fingerprint density at radius 3 is 2.66 bits per heavy atom. The number of para-hydroxylation sites is 1. The molecular weight excluding hydrogens is 384 g/mol. The molecule has 1 N–H and O–H groups in total. The van der Waals surface area contributed by atoms with Gasteiger partial charge in [0.25, 0.3) is 0 Å². The number of nitrogens with zero attached hydrogens (tertiary/aromatic N) is 2. The van der Waals surface area contributed by atoms with Gasteiger partial charge >= 0.3 is 0 Å². The molecule has 2 aromatic carbocycles. The first-order chi connectivity index (χ1) is 14.1. The summed E-state index contributed by atoms with van der Waals surface area (Å²) in [6, 6.07) is 18.9. The van der Waals surface area contributed by atoms with Gasteiger partial charge in [0, 0.05) is 6.20 Å². The van der Waals surface area contributed by atoms with E-state index in [0.29, 0.717) is 22.2 Å². The monoisotopic (exact) mass is 400 g/mol. The molecule has 6 heteroatoms. The van der Waals surface area contributed by atoms with Crippen molar-refractivity contribution in [3.63, 3.8) is 0 Å². The minimum absolute atomic E-state index is 0.122. The summed E-state index contributed by atoms with van der Waals surface area (Å²) in [5.41, 5.74) is 2.98. The van der Waals surface area contributed by atoms with Gasteiger partial charge in [-0.3, -0.25) is 4.79 Å². The van der Waals surface area contributed by atoms with Crippen molar-refractivity contribution in [2.45, 2.75) is 6.92 Å². The molecule has 142 valence electrons. The SMILES string of the molecule is Cc1ccc2oc(-c3cn(-c4ccccc4)nc3-c3cccs3)c(O)c(=O)c2c1. The highest BCUT2D eigenvalue weighted by Gasteiger charge is 2.22. The van der Waals surface area contributed by atoms with Crippen LogP contribution < -0.4 is 5.43 Å². The van der Waals surface area contributed by atoms with Crippen LogP contribution in [0.2, 0.25) is 0 Å². The summed E-state index contributed by atoms with van der Waals surface area (Å²) in [7, 11) is 0. The Bertz CT molecular complexity index is 1380. The first kappa shape index (κ1) is 17.5. The number of benzene rings is 2. The quantitative estimate of drug-likeness (QED) is 0.441. The van der Waals surface area contributed by atoms with Gasteiger partial charge in [-0.25, -0.2) is 4.68 Å². The van der Waals surface area contributed by atoms with Gasteiger partial charge < -0.3 is 9.52 Å². The Morgan fingerprint density at radius 2 is 1.90 bits per heavy atom. The smallest absolute Gasteiger partial charge is 0.235 e. The molecule has 0 saturated heterocycles. The van der Waals surface area contributed by atoms with E-state index in [4.69, 9.17) is 9.52 Å². The van der Waals surface area contributed by atoms with Crippen LogP contribution in [-0.4, -0.2) is 14.9 Å². The fraction of sp³-hybridized carbons (Fsp3) is 0.0435. The Labute approximate surface area is 170 Å². The minimum atomic E-state index is -0.449. The van der Waals surface area contributed by atoms with Crippen molar-refractivity contribution >= 4 is 22.3 Å². The van der Waals surface area contributed by atoms with Gasteiger partial charge in [-0.05, 0) is 42.6 Å². The van der Waals surface area contributed by atoms with E-state index < -0.39 is 11.2 Å². The lowest BCUT2D eigenvalue weighted by Gasteiger charge is -2.06. The van der Waals surface area contributed by atoms with Crippen LogP contribution in [0.25, 0.3) is 38.6 Å². The summed E-state index contributed by atoms with van der Waals surface area (Å²) in [6.07, 6.45) is 1.78. The molecule has 0 bridgehead atoms. The normalized spacial score (nSPS) is 11.2. The van der Waals surface area contributed by atoms with Crippen LogP contribution in [0, 0.1) is 6.92 Å². The Morgan fingerprint density at radius 1 is 1.07 bits per heavy atom. The van der Waals surface area contributed by atoms with Crippen molar-refractivity contribution in [2.75, 3.05) is 0 Å². The fourth-order valence-electron chi connectivity index (χ4n) is 3.33. The summed E-state index contributed by atoms with van der Waals surface area (Å²) < 4.78 is 7.73. The summed E-state index contributed by atoms with van der Waals surface area (Å²) >= 11 is 1.53. The van der Waals surface area contributed by atoms with Gasteiger partial charge in [-0.1, -0.05) is 35.9 Å². The van der Waals surface area contributed by atoms with Crippen molar-refractivity contribution in [1.82, 2.24) is 9.78 Å². The first-order valence-electron chi connectivity index (χ1n) is 9.07. The molecule has 0 fully saturated rings. The molecule has 0 saturated carbocycles. The third-order valence-electron chi connectivity index (χ3n) is 4.76. The number of rotatable bonds is 3. The summed E-state index contributed by atoms with van der Waals surface area (Å²) in [4.78, 5) is 13.7. The van der Waals surface area contributed by atoms with Crippen molar-refractivity contribution < 1.29 is 9.52 Å². The molecule has 5 rings (SSSR count). The van der Waals surface area contributed by atoms with Gasteiger partial charge in [0.05, 0.1) is 21.5 Å². The lowest BCUT2D eigenvalue weighted by Crippen LogP contribution is -2.03. The zero-order valence-electron chi connectivity index (χ0n) is 15.5. The number of aromatic nitrogens is 2. The average molecular weight is 400 g/mol. The second-order valence-corrected chi connectivity index (χ2v) is 7.71. The molecule has 0 aliphatic rings. The van der Waals surface area contributed by atoms with Gasteiger partial charge in [0.1, 0.15) is 11.3 Å². The Balaban J connectivity index is 1.80. The van der Waals surface area contributed by atoms with Gasteiger partial charge in [-0.2, -0.15) is 5.10 Å². The van der Waals surface area contributed by atoms with Crippen LogP contribution in [0.5, 0.6) is 5.75 Å². The predicted molar refractivity (Wildman–Crippen MR) is 115 cm³/mol. The molecular formula is C23H16N2O3S. The predicted octanol–water partition coefficient (Wildman–Crippen LogP) is 5.39. The van der Waals surface area contributed by atoms with E-state index in [1.807, 2.05) is 60.8 Å². The maximum Gasteiger partial charge on any atom is 0.235 e. The van der Waals surface area contributed by atoms with Crippen LogP contribution in [0.1, 0.15) is 5.56 Å². The summed E-state index contributed by atoms with van der Waals surface area (Å²) in [5, 5.41) is 17.7. The van der Waals surface area contributed by atoms with Crippen molar-refractivity contribution in [3.8, 4) is 33.3 Å². The van der Waals surface area contributed by atoms with Crippen LogP contribution >= 0.6 is 11.3 Å². The van der Waals surface area contributed by atoms with E-state index in [2.05, 4.69) is 0 Å². The van der Waals surface area contributed by atoms with Crippen molar-refractivity contribution in [2.24, 2.45) is 0 Å². The Hall–Kier alpha value is -3.64. The number of thiophene rings is 1. The molecule has 0 unspecified atom stereocenters. The molecule has 29 heavy (non-hydrogen) atoms. The van der Waals surface area contributed by atoms with E-state index in [9.17, 15) is 9.90 Å². The summed E-state index contributed by atoms with van der Waals surface area (Å²) in [6.45, 7) is 1.89. The zero-order valence-corrected chi connectivity index (χ0v) is 16.3. The van der Waals surface area contributed by atoms with Gasteiger partial charge in [-0.15, -0.1) is 11.3 Å². The fourth-order valence-corrected chi connectivity index (χ4v) is 4.05. The first-order valence-corrected chi connectivity index (χ1v) is 9.95. The highest BCUT2D eigenvalue weighted by atomic mass is 32.1. The lowest BCUT2D eigenvalue weighted by molar-refractivity contribution is 0.449. The molecule has 0 amide bonds. The van der Waals surface area contributed by atoms with Crippen molar-refractivity contribution in [3.05, 3.63) is 88.0 Å². The third kappa shape index (κ3) is 2.94.